The number of halogens is 4. The molecule has 1 atom stereocenters. The first-order valence-corrected chi connectivity index (χ1v) is 8.57. The number of hydrogen-bond donors (Lipinski definition) is 1. The van der Waals surface area contributed by atoms with Gasteiger partial charge >= 0.3 is 6.18 Å². The van der Waals surface area contributed by atoms with Crippen molar-refractivity contribution in [2.75, 3.05) is 6.54 Å². The van der Waals surface area contributed by atoms with Crippen LogP contribution >= 0.6 is 12.4 Å². The molecule has 2 nitrogen and oxygen atoms in total. The number of alkyl halides is 3. The highest BCUT2D eigenvalue weighted by Crippen LogP contribution is 2.33. The lowest BCUT2D eigenvalue weighted by Gasteiger charge is -2.18. The maximum absolute atomic E-state index is 13.1. The molecular weight excluding hydrogens is 361 g/mol. The van der Waals surface area contributed by atoms with E-state index in [0.717, 1.165) is 49.7 Å². The van der Waals surface area contributed by atoms with Gasteiger partial charge in [0.2, 0.25) is 0 Å². The summed E-state index contributed by atoms with van der Waals surface area (Å²) >= 11 is 0. The Morgan fingerprint density at radius 3 is 2.35 bits per heavy atom. The average Bonchev–Trinajstić information content (AvgIpc) is 2.88. The Kier molecular flexibility index (Phi) is 7.09. The molecule has 0 aliphatic carbocycles. The molecule has 0 saturated carbocycles. The van der Waals surface area contributed by atoms with Gasteiger partial charge in [-0.3, -0.25) is 4.99 Å². The summed E-state index contributed by atoms with van der Waals surface area (Å²) in [4.78, 5) is 4.80. The van der Waals surface area contributed by atoms with E-state index in [2.05, 4.69) is 5.32 Å². The van der Waals surface area contributed by atoms with Gasteiger partial charge in [-0.25, -0.2) is 0 Å². The van der Waals surface area contributed by atoms with Crippen LogP contribution in [0.2, 0.25) is 0 Å². The molecule has 0 radical (unpaired) electrons. The first-order valence-electron chi connectivity index (χ1n) is 8.57. The van der Waals surface area contributed by atoms with Crippen LogP contribution in [0, 0.1) is 0 Å². The van der Waals surface area contributed by atoms with Crippen molar-refractivity contribution >= 4 is 18.2 Å². The van der Waals surface area contributed by atoms with Crippen molar-refractivity contribution < 1.29 is 13.2 Å². The van der Waals surface area contributed by atoms with Crippen molar-refractivity contribution in [2.24, 2.45) is 4.99 Å². The predicted molar refractivity (Wildman–Crippen MR) is 101 cm³/mol. The fourth-order valence-electron chi connectivity index (χ4n) is 3.04. The summed E-state index contributed by atoms with van der Waals surface area (Å²) in [5, 5.41) is 3.32. The Labute approximate surface area is 157 Å². The van der Waals surface area contributed by atoms with Gasteiger partial charge in [-0.15, -0.1) is 12.4 Å². The highest BCUT2D eigenvalue weighted by atomic mass is 35.5. The number of hydrogen-bond acceptors (Lipinski definition) is 1. The van der Waals surface area contributed by atoms with Gasteiger partial charge in [0.25, 0.3) is 0 Å². The minimum absolute atomic E-state index is 0. The van der Waals surface area contributed by atoms with Crippen LogP contribution in [0.3, 0.4) is 0 Å². The Hall–Kier alpha value is -2.01. The fraction of sp³-hybridized carbons (Fsp3) is 0.350. The Balaban J connectivity index is 0.00000243. The van der Waals surface area contributed by atoms with Crippen LogP contribution in [0.1, 0.15) is 48.4 Å². The molecule has 1 aliphatic heterocycles. The zero-order valence-corrected chi connectivity index (χ0v) is 15.1. The largest absolute Gasteiger partial charge is 0.416 e. The smallest absolute Gasteiger partial charge is 0.374 e. The number of amidine groups is 1. The third-order valence-corrected chi connectivity index (χ3v) is 4.35. The molecular formula is C20H22ClF3N2. The molecule has 2 aromatic carbocycles. The van der Waals surface area contributed by atoms with Gasteiger partial charge in [-0.2, -0.15) is 13.2 Å². The van der Waals surface area contributed by atoms with E-state index in [9.17, 15) is 13.2 Å². The topological polar surface area (TPSA) is 24.4 Å². The van der Waals surface area contributed by atoms with E-state index in [4.69, 9.17) is 4.99 Å². The van der Waals surface area contributed by atoms with E-state index in [1.165, 1.54) is 12.1 Å². The van der Waals surface area contributed by atoms with E-state index < -0.39 is 17.8 Å². The minimum atomic E-state index is -4.36. The lowest BCUT2D eigenvalue weighted by Crippen LogP contribution is -2.23. The summed E-state index contributed by atoms with van der Waals surface area (Å²) in [7, 11) is 0. The number of nitrogens with one attached hydrogen (secondary N) is 1. The number of nitrogens with zero attached hydrogens (tertiary/aromatic N) is 1. The highest BCUT2D eigenvalue weighted by molar-refractivity contribution is 5.85. The molecule has 2 aromatic rings. The Morgan fingerprint density at radius 1 is 0.885 bits per heavy atom. The highest BCUT2D eigenvalue weighted by Gasteiger charge is 2.31. The van der Waals surface area contributed by atoms with Crippen LogP contribution in [0.25, 0.3) is 0 Å². The molecule has 0 spiro atoms. The number of rotatable bonds is 3. The number of aliphatic imine (C=N–C) groups is 1. The van der Waals surface area contributed by atoms with Crippen LogP contribution in [0.15, 0.2) is 59.6 Å². The summed E-state index contributed by atoms with van der Waals surface area (Å²) < 4.78 is 39.3. The van der Waals surface area contributed by atoms with E-state index >= 15 is 0 Å². The standard InChI is InChI=1S/C20H21F3N2.ClH/c21-20(22,23)17-11-7-10-16(14-17)19(15-8-3-1-4-9-15)25-18-12-5-2-6-13-24-18;/h1,3-4,7-11,14,19H,2,5-6,12-13H2,(H,24,25);1H. The van der Waals surface area contributed by atoms with E-state index in [1.807, 2.05) is 30.3 Å². The summed E-state index contributed by atoms with van der Waals surface area (Å²) in [6.45, 7) is 0.864. The normalized spacial score (nSPS) is 17.7. The molecule has 3 rings (SSSR count). The molecule has 1 saturated heterocycles. The van der Waals surface area contributed by atoms with E-state index in [0.29, 0.717) is 5.56 Å². The Morgan fingerprint density at radius 2 is 1.62 bits per heavy atom. The summed E-state index contributed by atoms with van der Waals surface area (Å²) in [5.74, 6) is 0.878. The van der Waals surface area contributed by atoms with Gasteiger partial charge in [0.15, 0.2) is 0 Å². The predicted octanol–water partition coefficient (Wildman–Crippen LogP) is 5.78. The quantitative estimate of drug-likeness (QED) is 0.715. The van der Waals surface area contributed by atoms with Crippen LogP contribution in [-0.2, 0) is 6.18 Å². The summed E-state index contributed by atoms with van der Waals surface area (Å²) in [6, 6.07) is 14.5. The second-order valence-corrected chi connectivity index (χ2v) is 6.25. The molecule has 0 bridgehead atoms. The third kappa shape index (κ3) is 5.24. The minimum Gasteiger partial charge on any atom is -0.374 e. The second kappa shape index (κ2) is 9.08. The van der Waals surface area contributed by atoms with Gasteiger partial charge in [-0.1, -0.05) is 48.9 Å². The first kappa shape index (κ1) is 20.3. The van der Waals surface area contributed by atoms with Gasteiger partial charge in [-0.05, 0) is 36.1 Å². The zero-order chi connectivity index (χ0) is 17.7. The summed E-state index contributed by atoms with van der Waals surface area (Å²) in [6.07, 6.45) is -0.229. The van der Waals surface area contributed by atoms with Gasteiger partial charge < -0.3 is 5.32 Å². The molecule has 1 aliphatic rings. The zero-order valence-electron chi connectivity index (χ0n) is 14.3. The SMILES string of the molecule is Cl.FC(F)(F)c1cccc(C(N=C2CCCCCN2)c2ccccc2)c1. The maximum Gasteiger partial charge on any atom is 0.416 e. The molecule has 0 aromatic heterocycles. The monoisotopic (exact) mass is 382 g/mol. The van der Waals surface area contributed by atoms with E-state index in [-0.39, 0.29) is 12.4 Å². The van der Waals surface area contributed by atoms with Crippen molar-refractivity contribution in [3.8, 4) is 0 Å². The molecule has 1 unspecified atom stereocenters. The average molecular weight is 383 g/mol. The first-order chi connectivity index (χ1) is 12.0. The molecule has 6 heteroatoms. The van der Waals surface area contributed by atoms with Crippen molar-refractivity contribution in [2.45, 2.75) is 37.9 Å². The Bertz CT molecular complexity index is 719. The fourth-order valence-corrected chi connectivity index (χ4v) is 3.04. The molecule has 1 heterocycles. The van der Waals surface area contributed by atoms with Gasteiger partial charge in [0, 0.05) is 13.0 Å². The van der Waals surface area contributed by atoms with Gasteiger partial charge in [0.1, 0.15) is 6.04 Å². The molecule has 1 N–H and O–H groups in total. The third-order valence-electron chi connectivity index (χ3n) is 4.35. The van der Waals surface area contributed by atoms with Crippen LogP contribution in [0.5, 0.6) is 0 Å². The van der Waals surface area contributed by atoms with E-state index in [1.54, 1.807) is 6.07 Å². The van der Waals surface area contributed by atoms with Crippen molar-refractivity contribution in [1.29, 1.82) is 0 Å². The lowest BCUT2D eigenvalue weighted by molar-refractivity contribution is -0.137. The van der Waals surface area contributed by atoms with Crippen molar-refractivity contribution in [1.82, 2.24) is 5.32 Å². The molecule has 1 fully saturated rings. The van der Waals surface area contributed by atoms with Crippen LogP contribution in [0.4, 0.5) is 13.2 Å². The van der Waals surface area contributed by atoms with Crippen LogP contribution in [-0.4, -0.2) is 12.4 Å². The lowest BCUT2D eigenvalue weighted by atomic mass is 9.97. The summed E-state index contributed by atoms with van der Waals surface area (Å²) in [5.41, 5.74) is 0.805. The molecule has 140 valence electrons. The molecule has 0 amide bonds. The second-order valence-electron chi connectivity index (χ2n) is 6.25. The maximum atomic E-state index is 13.1. The van der Waals surface area contributed by atoms with Crippen LogP contribution < -0.4 is 5.32 Å². The van der Waals surface area contributed by atoms with Crippen molar-refractivity contribution in [3.05, 3.63) is 71.3 Å². The van der Waals surface area contributed by atoms with Gasteiger partial charge in [0.05, 0.1) is 11.4 Å². The molecule has 26 heavy (non-hydrogen) atoms. The van der Waals surface area contributed by atoms with Crippen molar-refractivity contribution in [3.63, 3.8) is 0 Å². The number of benzene rings is 2.